The second kappa shape index (κ2) is 22.9. The van der Waals surface area contributed by atoms with Crippen molar-refractivity contribution in [3.63, 3.8) is 0 Å². The molecule has 432 valence electrons. The predicted octanol–water partition coefficient (Wildman–Crippen LogP) is 19.0. The van der Waals surface area contributed by atoms with Crippen LogP contribution in [0.4, 0.5) is 68.2 Å². The summed E-state index contributed by atoms with van der Waals surface area (Å²) in [5, 5.41) is 14.1. The fourth-order valence-electron chi connectivity index (χ4n) is 12.3. The van der Waals surface area contributed by atoms with E-state index < -0.39 is 0 Å². The van der Waals surface area contributed by atoms with Gasteiger partial charge in [0.15, 0.2) is 0 Å². The summed E-state index contributed by atoms with van der Waals surface area (Å²) in [4.78, 5) is 40.3. The molecule has 0 saturated heterocycles. The average Bonchev–Trinajstić information content (AvgIpc) is 2.40. The molecule has 0 aliphatic carbocycles. The van der Waals surface area contributed by atoms with Crippen molar-refractivity contribution in [2.45, 2.75) is 77.0 Å². The average molecular weight is 1150 g/mol. The number of nitrogens with one attached hydrogen (secondary N) is 4. The standard InChI is InChI=1S/2C38H34N6/c2*1-37(2)27-13-5-7-15-29(27)43-35(37)25-21-39-31-17-9-11-19-33(31)41-23-26(24-42-34-20-12-10-18-32(34)40-22-25)36-38(3,4)28-14-6-8-16-30(28)44-36/h2*5-24,39,42H,1-4H3/b2*25-21+,26-24+,40-22?,41-23?. The zero-order valence-corrected chi connectivity index (χ0v) is 50.7. The van der Waals surface area contributed by atoms with E-state index in [1.54, 1.807) is 0 Å². The van der Waals surface area contributed by atoms with Crippen LogP contribution in [0.15, 0.2) is 281 Å². The Morgan fingerprint density at radius 1 is 0.227 bits per heavy atom. The third-order valence-corrected chi connectivity index (χ3v) is 17.2. The van der Waals surface area contributed by atoms with E-state index in [4.69, 9.17) is 39.9 Å². The summed E-state index contributed by atoms with van der Waals surface area (Å²) in [5.41, 5.74) is 21.8. The number of anilines is 4. The maximum atomic E-state index is 5.08. The number of hydrogen-bond acceptors (Lipinski definition) is 12. The van der Waals surface area contributed by atoms with E-state index in [0.717, 1.165) is 113 Å². The number of para-hydroxylation sites is 12. The highest BCUT2D eigenvalue weighted by Gasteiger charge is 2.40. The van der Waals surface area contributed by atoms with Crippen LogP contribution in [0, 0.1) is 0 Å². The quantitative estimate of drug-likeness (QED) is 0.139. The van der Waals surface area contributed by atoms with Crippen molar-refractivity contribution in [1.82, 2.24) is 0 Å². The van der Waals surface area contributed by atoms with E-state index in [2.05, 4.69) is 149 Å². The predicted molar refractivity (Wildman–Crippen MR) is 371 cm³/mol. The first-order chi connectivity index (χ1) is 42.6. The Balaban J connectivity index is 0.000000162. The summed E-state index contributed by atoms with van der Waals surface area (Å²) >= 11 is 0. The van der Waals surface area contributed by atoms with Crippen molar-refractivity contribution in [1.29, 1.82) is 0 Å². The molecule has 8 aromatic rings. The topological polar surface area (TPSA) is 147 Å². The van der Waals surface area contributed by atoms with Gasteiger partial charge in [-0.3, -0.25) is 39.9 Å². The van der Waals surface area contributed by atoms with Gasteiger partial charge in [0, 0.05) is 93.6 Å². The van der Waals surface area contributed by atoms with Crippen LogP contribution in [-0.2, 0) is 21.7 Å². The molecule has 0 fully saturated rings. The fourth-order valence-corrected chi connectivity index (χ4v) is 12.3. The second-order valence-electron chi connectivity index (χ2n) is 24.5. The Kier molecular flexibility index (Phi) is 14.7. The van der Waals surface area contributed by atoms with Crippen molar-refractivity contribution in [3.05, 3.63) is 263 Å². The monoisotopic (exact) mass is 1150 g/mol. The number of allylic oxidation sites excluding steroid dienone is 4. The minimum absolute atomic E-state index is 0.291. The van der Waals surface area contributed by atoms with Gasteiger partial charge in [0.05, 0.1) is 91.1 Å². The summed E-state index contributed by atoms with van der Waals surface area (Å²) < 4.78 is 0. The summed E-state index contributed by atoms with van der Waals surface area (Å²) in [6, 6.07) is 65.5. The van der Waals surface area contributed by atoms with E-state index in [1.165, 1.54) is 22.3 Å². The third-order valence-electron chi connectivity index (χ3n) is 17.2. The number of fused-ring (bicyclic) bond motifs is 8. The lowest BCUT2D eigenvalue weighted by Crippen LogP contribution is -2.28. The number of rotatable bonds is 4. The van der Waals surface area contributed by atoms with Gasteiger partial charge < -0.3 is 21.3 Å². The Labute approximate surface area is 515 Å². The van der Waals surface area contributed by atoms with Gasteiger partial charge in [-0.05, 0) is 95.1 Å². The molecule has 0 bridgehead atoms. The van der Waals surface area contributed by atoms with E-state index in [-0.39, 0.29) is 21.7 Å². The first kappa shape index (κ1) is 56.4. The Bertz CT molecular complexity index is 3940. The Morgan fingerprint density at radius 2 is 0.409 bits per heavy atom. The summed E-state index contributed by atoms with van der Waals surface area (Å²) in [6.07, 6.45) is 15.6. The molecule has 6 heterocycles. The minimum atomic E-state index is -0.291. The number of aliphatic imine (C=N–C) groups is 8. The molecule has 6 aliphatic rings. The molecule has 6 aliphatic heterocycles. The first-order valence-electron chi connectivity index (χ1n) is 29.8. The molecule has 0 spiro atoms. The van der Waals surface area contributed by atoms with E-state index in [1.807, 2.05) is 171 Å². The SMILES string of the molecule is CC1(C)C(/C2=C/Nc3ccccc3N=C/C(C3=Nc4ccccc4C3(C)C)=C\Nc3ccccc3N=C2)=Nc2ccccc21.CC1(C)C(/C2=C/Nc3ccccc3N=C/C(C3=Nc4ccccc4C3(C)C)=C\Nc3ccccc3N=C2)=Nc2ccccc21. The van der Waals surface area contributed by atoms with Gasteiger partial charge in [0.1, 0.15) is 0 Å². The van der Waals surface area contributed by atoms with E-state index in [9.17, 15) is 0 Å². The van der Waals surface area contributed by atoms with Crippen LogP contribution in [0.2, 0.25) is 0 Å². The van der Waals surface area contributed by atoms with Crippen LogP contribution < -0.4 is 21.3 Å². The number of benzene rings is 8. The molecule has 8 aromatic carbocycles. The van der Waals surface area contributed by atoms with Crippen molar-refractivity contribution < 1.29 is 0 Å². The third kappa shape index (κ3) is 10.7. The van der Waals surface area contributed by atoms with Gasteiger partial charge in [0.25, 0.3) is 0 Å². The molecule has 0 saturated carbocycles. The lowest BCUT2D eigenvalue weighted by Gasteiger charge is -2.23. The molecule has 88 heavy (non-hydrogen) atoms. The van der Waals surface area contributed by atoms with Gasteiger partial charge in [0.2, 0.25) is 0 Å². The van der Waals surface area contributed by atoms with Gasteiger partial charge in [-0.15, -0.1) is 0 Å². The van der Waals surface area contributed by atoms with Crippen molar-refractivity contribution >= 4 is 116 Å². The summed E-state index contributed by atoms with van der Waals surface area (Å²) in [5.74, 6) is 0. The highest BCUT2D eigenvalue weighted by molar-refractivity contribution is 6.26. The van der Waals surface area contributed by atoms with Crippen LogP contribution in [-0.4, -0.2) is 47.7 Å². The van der Waals surface area contributed by atoms with Gasteiger partial charge in [-0.1, -0.05) is 177 Å². The maximum absolute atomic E-state index is 5.08. The van der Waals surface area contributed by atoms with Crippen LogP contribution in [0.25, 0.3) is 0 Å². The van der Waals surface area contributed by atoms with Gasteiger partial charge in [-0.25, -0.2) is 0 Å². The fraction of sp³-hybridized carbons (Fsp3) is 0.158. The zero-order valence-electron chi connectivity index (χ0n) is 50.7. The van der Waals surface area contributed by atoms with Gasteiger partial charge in [-0.2, -0.15) is 0 Å². The second-order valence-corrected chi connectivity index (χ2v) is 24.5. The smallest absolute Gasteiger partial charge is 0.0864 e. The molecule has 0 amide bonds. The van der Waals surface area contributed by atoms with E-state index in [0.29, 0.717) is 0 Å². The molecular formula is C76H68N12. The molecule has 14 rings (SSSR count). The molecule has 12 heteroatoms. The van der Waals surface area contributed by atoms with Crippen LogP contribution in [0.1, 0.15) is 77.6 Å². The molecular weight excluding hydrogens is 1080 g/mol. The van der Waals surface area contributed by atoms with Crippen molar-refractivity contribution in [2.75, 3.05) is 21.3 Å². The molecule has 12 nitrogen and oxygen atoms in total. The Morgan fingerprint density at radius 3 is 0.614 bits per heavy atom. The minimum Gasteiger partial charge on any atom is -0.359 e. The largest absolute Gasteiger partial charge is 0.359 e. The molecule has 0 aromatic heterocycles. The molecule has 0 atom stereocenters. The lowest BCUT2D eigenvalue weighted by molar-refractivity contribution is 0.738. The van der Waals surface area contributed by atoms with Gasteiger partial charge >= 0.3 is 0 Å². The highest BCUT2D eigenvalue weighted by atomic mass is 15.0. The molecule has 0 unspecified atom stereocenters. The Hall–Kier alpha value is -10.7. The van der Waals surface area contributed by atoms with Crippen LogP contribution in [0.3, 0.4) is 0 Å². The lowest BCUT2D eigenvalue weighted by atomic mass is 9.79. The van der Waals surface area contributed by atoms with Crippen LogP contribution >= 0.6 is 0 Å². The number of hydrogen-bond donors (Lipinski definition) is 4. The van der Waals surface area contributed by atoms with Crippen LogP contribution in [0.5, 0.6) is 0 Å². The van der Waals surface area contributed by atoms with Crippen molar-refractivity contribution in [3.8, 4) is 0 Å². The number of nitrogens with zero attached hydrogens (tertiary/aromatic N) is 8. The first-order valence-corrected chi connectivity index (χ1v) is 29.8. The van der Waals surface area contributed by atoms with E-state index >= 15 is 0 Å². The molecule has 4 N–H and O–H groups in total. The van der Waals surface area contributed by atoms with Crippen molar-refractivity contribution in [2.24, 2.45) is 39.9 Å². The summed E-state index contributed by atoms with van der Waals surface area (Å²) in [6.45, 7) is 17.7. The highest BCUT2D eigenvalue weighted by Crippen LogP contribution is 2.46. The maximum Gasteiger partial charge on any atom is 0.0864 e. The summed E-state index contributed by atoms with van der Waals surface area (Å²) in [7, 11) is 0. The normalized spacial score (nSPS) is 20.1. The molecule has 0 radical (unpaired) electrons. The zero-order chi connectivity index (χ0) is 60.6.